The summed E-state index contributed by atoms with van der Waals surface area (Å²) in [5, 5.41) is 10.7. The number of hydrogen-bond acceptors (Lipinski definition) is 15. The lowest BCUT2D eigenvalue weighted by Crippen LogP contribution is -2.64. The molecule has 270 valence electrons. The number of carbonyl (C=O) groups is 5. The number of aromatic hydroxyl groups is 1. The molecule has 51 heavy (non-hydrogen) atoms. The van der Waals surface area contributed by atoms with Crippen LogP contribution < -0.4 is 18.9 Å². The van der Waals surface area contributed by atoms with Gasteiger partial charge in [-0.25, -0.2) is 4.79 Å². The van der Waals surface area contributed by atoms with Gasteiger partial charge >= 0.3 is 23.9 Å². The molecule has 1 saturated heterocycles. The van der Waals surface area contributed by atoms with Crippen LogP contribution in [0.2, 0.25) is 0 Å². The SMILES string of the molecule is COC(=O)[C@H]1O[C@@H](Oc2cc([C@@H]3CC(=O)c4c(O)cc(OCc5ccccc5)cc4O3)ccc2OC)[C@H](OC(C)=O)[C@@H](OC(C)=O)[C@@H]1OC(C)=O. The van der Waals surface area contributed by atoms with Crippen molar-refractivity contribution >= 4 is 29.7 Å². The number of fused-ring (bicyclic) bond motifs is 1. The highest BCUT2D eigenvalue weighted by Crippen LogP contribution is 2.44. The van der Waals surface area contributed by atoms with Crippen molar-refractivity contribution in [2.45, 2.75) is 70.6 Å². The number of hydrogen-bond donors (Lipinski definition) is 1. The monoisotopic (exact) mass is 708 g/mol. The summed E-state index contributed by atoms with van der Waals surface area (Å²) in [5.74, 6) is -3.70. The smallest absolute Gasteiger partial charge is 0.339 e. The van der Waals surface area contributed by atoms with Crippen LogP contribution in [0, 0.1) is 0 Å². The number of phenolic OH excluding ortho intramolecular Hbond substituents is 1. The van der Waals surface area contributed by atoms with Crippen LogP contribution in [0.1, 0.15) is 54.8 Å². The Kier molecular flexibility index (Phi) is 11.3. The van der Waals surface area contributed by atoms with E-state index in [1.54, 1.807) is 6.07 Å². The molecular formula is C36H36O15. The summed E-state index contributed by atoms with van der Waals surface area (Å²) in [4.78, 5) is 62.6. The largest absolute Gasteiger partial charge is 0.507 e. The summed E-state index contributed by atoms with van der Waals surface area (Å²) in [5.41, 5.74) is 1.33. The van der Waals surface area contributed by atoms with E-state index in [0.29, 0.717) is 5.56 Å². The number of benzene rings is 3. The standard InChI is InChI=1S/C36H36O15/c1-18(37)46-31-32(47-19(2)38)34(48-20(3)39)36(51-33(31)35(42)44-5)50-28-13-22(11-12-26(28)43-4)27-16-25(41)30-24(40)14-23(15-29(30)49-27)45-17-21-9-7-6-8-10-21/h6-15,27,31-34,36,40H,16-17H2,1-5H3/t27-,31-,32-,33-,34+,36+/m0/s1. The summed E-state index contributed by atoms with van der Waals surface area (Å²) >= 11 is 0. The summed E-state index contributed by atoms with van der Waals surface area (Å²) < 4.78 is 50.6. The fourth-order valence-corrected chi connectivity index (χ4v) is 5.71. The lowest BCUT2D eigenvalue weighted by atomic mass is 9.95. The minimum atomic E-state index is -1.68. The van der Waals surface area contributed by atoms with Gasteiger partial charge in [-0.3, -0.25) is 19.2 Å². The van der Waals surface area contributed by atoms with E-state index in [9.17, 15) is 29.1 Å². The molecule has 15 nitrogen and oxygen atoms in total. The molecule has 2 aliphatic heterocycles. The number of Topliss-reactive ketones (excluding diaryl/α,β-unsaturated/α-hetero) is 1. The van der Waals surface area contributed by atoms with Gasteiger partial charge in [0.1, 0.15) is 35.5 Å². The molecule has 2 aliphatic rings. The predicted molar refractivity (Wildman–Crippen MR) is 172 cm³/mol. The second kappa shape index (κ2) is 15.8. The quantitative estimate of drug-likeness (QED) is 0.224. The van der Waals surface area contributed by atoms with Crippen molar-refractivity contribution in [3.8, 4) is 28.7 Å². The zero-order chi connectivity index (χ0) is 36.8. The highest BCUT2D eigenvalue weighted by molar-refractivity contribution is 6.02. The second-order valence-electron chi connectivity index (χ2n) is 11.5. The van der Waals surface area contributed by atoms with Gasteiger partial charge in [0.05, 0.1) is 20.6 Å². The van der Waals surface area contributed by atoms with Crippen molar-refractivity contribution in [2.75, 3.05) is 14.2 Å². The third kappa shape index (κ3) is 8.49. The van der Waals surface area contributed by atoms with E-state index < -0.39 is 60.7 Å². The molecule has 0 saturated carbocycles. The number of phenols is 1. The van der Waals surface area contributed by atoms with Gasteiger partial charge in [0, 0.05) is 32.9 Å². The lowest BCUT2D eigenvalue weighted by Gasteiger charge is -2.43. The van der Waals surface area contributed by atoms with Crippen molar-refractivity contribution < 1.29 is 71.7 Å². The lowest BCUT2D eigenvalue weighted by molar-refractivity contribution is -0.282. The van der Waals surface area contributed by atoms with Gasteiger partial charge in [0.15, 0.2) is 35.6 Å². The Balaban J connectivity index is 1.46. The van der Waals surface area contributed by atoms with Crippen LogP contribution in [0.5, 0.6) is 28.7 Å². The summed E-state index contributed by atoms with van der Waals surface area (Å²) in [6.45, 7) is 3.43. The van der Waals surface area contributed by atoms with Crippen LogP contribution in [-0.2, 0) is 49.5 Å². The van der Waals surface area contributed by atoms with Crippen LogP contribution in [0.4, 0.5) is 0 Å². The molecule has 0 aliphatic carbocycles. The molecule has 0 amide bonds. The van der Waals surface area contributed by atoms with Crippen molar-refractivity contribution in [2.24, 2.45) is 0 Å². The average Bonchev–Trinajstić information content (AvgIpc) is 3.08. The summed E-state index contributed by atoms with van der Waals surface area (Å²) in [7, 11) is 2.43. The Morgan fingerprint density at radius 1 is 0.824 bits per heavy atom. The molecular weight excluding hydrogens is 672 g/mol. The number of esters is 4. The molecule has 0 bridgehead atoms. The van der Waals surface area contributed by atoms with Gasteiger partial charge < -0.3 is 47.7 Å². The zero-order valence-electron chi connectivity index (χ0n) is 28.3. The topological polar surface area (TPSA) is 189 Å². The Hall–Kier alpha value is -5.83. The van der Waals surface area contributed by atoms with Crippen LogP contribution in [-0.4, -0.2) is 79.7 Å². The van der Waals surface area contributed by atoms with Crippen LogP contribution >= 0.6 is 0 Å². The first-order valence-corrected chi connectivity index (χ1v) is 15.7. The normalized spacial score (nSPS) is 22.3. The maximum Gasteiger partial charge on any atom is 0.339 e. The molecule has 15 heteroatoms. The highest BCUT2D eigenvalue weighted by Gasteiger charge is 2.56. The number of ketones is 1. The Bertz CT molecular complexity index is 1790. The van der Waals surface area contributed by atoms with Gasteiger partial charge in [-0.05, 0) is 23.3 Å². The number of carbonyl (C=O) groups excluding carboxylic acids is 5. The number of ether oxygens (including phenoxy) is 9. The second-order valence-corrected chi connectivity index (χ2v) is 11.5. The van der Waals surface area contributed by atoms with E-state index >= 15 is 0 Å². The van der Waals surface area contributed by atoms with Crippen LogP contribution in [0.15, 0.2) is 60.7 Å². The summed E-state index contributed by atoms with van der Waals surface area (Å²) in [6.07, 6.45) is -9.10. The molecule has 1 N–H and O–H groups in total. The van der Waals surface area contributed by atoms with Crippen molar-refractivity contribution in [3.63, 3.8) is 0 Å². The molecule has 0 unspecified atom stereocenters. The van der Waals surface area contributed by atoms with Gasteiger partial charge in [0.25, 0.3) is 0 Å². The first-order chi connectivity index (χ1) is 24.4. The van der Waals surface area contributed by atoms with Gasteiger partial charge in [0.2, 0.25) is 12.4 Å². The average molecular weight is 709 g/mol. The Morgan fingerprint density at radius 2 is 1.49 bits per heavy atom. The Morgan fingerprint density at radius 3 is 2.14 bits per heavy atom. The van der Waals surface area contributed by atoms with E-state index in [1.807, 2.05) is 30.3 Å². The maximum absolute atomic E-state index is 13.3. The van der Waals surface area contributed by atoms with E-state index in [0.717, 1.165) is 33.4 Å². The van der Waals surface area contributed by atoms with E-state index in [-0.39, 0.29) is 53.1 Å². The molecule has 0 aromatic heterocycles. The molecule has 0 spiro atoms. The minimum absolute atomic E-state index is 0.0100. The zero-order valence-corrected chi connectivity index (χ0v) is 28.3. The van der Waals surface area contributed by atoms with Crippen molar-refractivity contribution in [1.29, 1.82) is 0 Å². The fraction of sp³-hybridized carbons (Fsp3) is 0.361. The van der Waals surface area contributed by atoms with E-state index in [2.05, 4.69) is 0 Å². The molecule has 3 aromatic carbocycles. The summed E-state index contributed by atoms with van der Waals surface area (Å²) in [6, 6.07) is 16.9. The van der Waals surface area contributed by atoms with Gasteiger partial charge in [-0.2, -0.15) is 0 Å². The third-order valence-electron chi connectivity index (χ3n) is 7.86. The van der Waals surface area contributed by atoms with E-state index in [4.69, 9.17) is 42.6 Å². The van der Waals surface area contributed by atoms with Crippen LogP contribution in [0.3, 0.4) is 0 Å². The maximum atomic E-state index is 13.3. The first kappa shape index (κ1) is 36.5. The van der Waals surface area contributed by atoms with Crippen molar-refractivity contribution in [3.05, 3.63) is 77.4 Å². The van der Waals surface area contributed by atoms with Crippen molar-refractivity contribution in [1.82, 2.24) is 0 Å². The molecule has 5 rings (SSSR count). The Labute approximate surface area is 292 Å². The molecule has 1 fully saturated rings. The fourth-order valence-electron chi connectivity index (χ4n) is 5.71. The van der Waals surface area contributed by atoms with Gasteiger partial charge in [-0.1, -0.05) is 36.4 Å². The number of rotatable bonds is 11. The van der Waals surface area contributed by atoms with Gasteiger partial charge in [-0.15, -0.1) is 0 Å². The molecule has 2 heterocycles. The predicted octanol–water partition coefficient (Wildman–Crippen LogP) is 3.76. The van der Waals surface area contributed by atoms with E-state index in [1.165, 1.54) is 31.4 Å². The molecule has 6 atom stereocenters. The third-order valence-corrected chi connectivity index (χ3v) is 7.86. The highest BCUT2D eigenvalue weighted by atomic mass is 16.7. The molecule has 0 radical (unpaired) electrons. The first-order valence-electron chi connectivity index (χ1n) is 15.7. The number of methoxy groups -OCH3 is 2. The molecule has 3 aromatic rings. The minimum Gasteiger partial charge on any atom is -0.507 e. The van der Waals surface area contributed by atoms with Crippen LogP contribution in [0.25, 0.3) is 0 Å².